The second kappa shape index (κ2) is 6.19. The minimum Gasteiger partial charge on any atom is -0.396 e. The van der Waals surface area contributed by atoms with E-state index >= 15 is 0 Å². The molecule has 106 valence electrons. The minimum absolute atomic E-state index is 0.00309. The SMILES string of the molecule is CC(CCO)NC(=O)c1cc(=O)[nH]c2ccc(Br)cc12. The lowest BCUT2D eigenvalue weighted by molar-refractivity contribution is 0.0936. The highest BCUT2D eigenvalue weighted by molar-refractivity contribution is 9.10. The predicted molar refractivity (Wildman–Crippen MR) is 80.9 cm³/mol. The summed E-state index contributed by atoms with van der Waals surface area (Å²) in [7, 11) is 0. The molecule has 6 heteroatoms. The first-order valence-corrected chi connectivity index (χ1v) is 7.05. The molecule has 0 spiro atoms. The number of halogens is 1. The van der Waals surface area contributed by atoms with Crippen molar-refractivity contribution in [2.24, 2.45) is 0 Å². The van der Waals surface area contributed by atoms with Crippen LogP contribution in [0.1, 0.15) is 23.7 Å². The Morgan fingerprint density at radius 1 is 1.45 bits per heavy atom. The van der Waals surface area contributed by atoms with Crippen LogP contribution < -0.4 is 10.9 Å². The van der Waals surface area contributed by atoms with Gasteiger partial charge in [-0.25, -0.2) is 0 Å². The molecule has 3 N–H and O–H groups in total. The van der Waals surface area contributed by atoms with Gasteiger partial charge in [0, 0.05) is 34.1 Å². The van der Waals surface area contributed by atoms with Crippen LogP contribution in [0.3, 0.4) is 0 Å². The number of aliphatic hydroxyl groups excluding tert-OH is 1. The van der Waals surface area contributed by atoms with Crippen LogP contribution in [0.25, 0.3) is 10.9 Å². The summed E-state index contributed by atoms with van der Waals surface area (Å²) >= 11 is 3.35. The molecule has 0 saturated carbocycles. The fourth-order valence-electron chi connectivity index (χ4n) is 1.98. The standard InChI is InChI=1S/C14H15BrN2O3/c1-8(4-5-18)16-14(20)11-7-13(19)17-12-3-2-9(15)6-10(11)12/h2-3,6-8,18H,4-5H2,1H3,(H,16,20)(H,17,19). The average molecular weight is 339 g/mol. The monoisotopic (exact) mass is 338 g/mol. The second-order valence-corrected chi connectivity index (χ2v) is 5.54. The first-order chi connectivity index (χ1) is 9.51. The summed E-state index contributed by atoms with van der Waals surface area (Å²) in [6.07, 6.45) is 0.469. The molecule has 2 rings (SSSR count). The first kappa shape index (κ1) is 14.7. The molecule has 1 heterocycles. The highest BCUT2D eigenvalue weighted by Crippen LogP contribution is 2.20. The molecule has 1 amide bonds. The van der Waals surface area contributed by atoms with Crippen molar-refractivity contribution in [1.82, 2.24) is 10.3 Å². The number of pyridine rings is 1. The van der Waals surface area contributed by atoms with Gasteiger partial charge in [0.2, 0.25) is 5.56 Å². The van der Waals surface area contributed by atoms with Crippen LogP contribution in [0.15, 0.2) is 33.5 Å². The molecule has 0 aliphatic heterocycles. The number of carbonyl (C=O) groups is 1. The Kier molecular flexibility index (Phi) is 4.57. The highest BCUT2D eigenvalue weighted by Gasteiger charge is 2.14. The summed E-state index contributed by atoms with van der Waals surface area (Å²) < 4.78 is 0.828. The van der Waals surface area contributed by atoms with Gasteiger partial charge in [0.25, 0.3) is 5.91 Å². The number of rotatable bonds is 4. The van der Waals surface area contributed by atoms with Crippen molar-refractivity contribution in [2.45, 2.75) is 19.4 Å². The maximum atomic E-state index is 12.2. The van der Waals surface area contributed by atoms with Gasteiger partial charge in [0.1, 0.15) is 0 Å². The highest BCUT2D eigenvalue weighted by atomic mass is 79.9. The Morgan fingerprint density at radius 2 is 2.20 bits per heavy atom. The normalized spacial score (nSPS) is 12.3. The quantitative estimate of drug-likeness (QED) is 0.794. The van der Waals surface area contributed by atoms with E-state index in [1.54, 1.807) is 25.1 Å². The van der Waals surface area contributed by atoms with Gasteiger partial charge >= 0.3 is 0 Å². The fraction of sp³-hybridized carbons (Fsp3) is 0.286. The third-order valence-electron chi connectivity index (χ3n) is 2.99. The van der Waals surface area contributed by atoms with Crippen LogP contribution in [-0.2, 0) is 0 Å². The van der Waals surface area contributed by atoms with Crippen molar-refractivity contribution in [1.29, 1.82) is 0 Å². The molecular formula is C14H15BrN2O3. The van der Waals surface area contributed by atoms with E-state index in [1.807, 2.05) is 0 Å². The smallest absolute Gasteiger partial charge is 0.252 e. The van der Waals surface area contributed by atoms with Crippen LogP contribution >= 0.6 is 15.9 Å². The van der Waals surface area contributed by atoms with Crippen molar-refractivity contribution in [3.63, 3.8) is 0 Å². The number of hydrogen-bond donors (Lipinski definition) is 3. The van der Waals surface area contributed by atoms with Gasteiger partial charge in [-0.15, -0.1) is 0 Å². The molecule has 1 atom stereocenters. The zero-order valence-electron chi connectivity index (χ0n) is 10.9. The molecule has 20 heavy (non-hydrogen) atoms. The maximum absolute atomic E-state index is 12.2. The van der Waals surface area contributed by atoms with Gasteiger partial charge in [-0.3, -0.25) is 9.59 Å². The first-order valence-electron chi connectivity index (χ1n) is 6.25. The number of amides is 1. The van der Waals surface area contributed by atoms with Crippen LogP contribution in [0.4, 0.5) is 0 Å². The largest absolute Gasteiger partial charge is 0.396 e. The molecule has 0 bridgehead atoms. The number of aromatic amines is 1. The van der Waals surface area contributed by atoms with E-state index in [1.165, 1.54) is 6.07 Å². The lowest BCUT2D eigenvalue weighted by Crippen LogP contribution is -2.33. The summed E-state index contributed by atoms with van der Waals surface area (Å²) in [5.74, 6) is -0.319. The number of carbonyl (C=O) groups excluding carboxylic acids is 1. The number of nitrogens with one attached hydrogen (secondary N) is 2. The summed E-state index contributed by atoms with van der Waals surface area (Å²) in [6.45, 7) is 1.81. The summed E-state index contributed by atoms with van der Waals surface area (Å²) in [4.78, 5) is 26.6. The zero-order valence-corrected chi connectivity index (χ0v) is 12.5. The molecule has 1 unspecified atom stereocenters. The van der Waals surface area contributed by atoms with Crippen LogP contribution in [0, 0.1) is 0 Å². The lowest BCUT2D eigenvalue weighted by Gasteiger charge is -2.13. The fourth-order valence-corrected chi connectivity index (χ4v) is 2.34. The Morgan fingerprint density at radius 3 is 2.90 bits per heavy atom. The van der Waals surface area contributed by atoms with Crippen molar-refractivity contribution >= 4 is 32.7 Å². The number of hydrogen-bond acceptors (Lipinski definition) is 3. The van der Waals surface area contributed by atoms with Crippen LogP contribution in [-0.4, -0.2) is 28.6 Å². The zero-order chi connectivity index (χ0) is 14.7. The second-order valence-electron chi connectivity index (χ2n) is 4.62. The Bertz CT molecular complexity index is 696. The number of aromatic nitrogens is 1. The van der Waals surface area contributed by atoms with E-state index in [0.29, 0.717) is 22.9 Å². The van der Waals surface area contributed by atoms with Crippen LogP contribution in [0.2, 0.25) is 0 Å². The van der Waals surface area contributed by atoms with Crippen molar-refractivity contribution in [3.05, 3.63) is 44.7 Å². The molecule has 0 aliphatic rings. The summed E-state index contributed by atoms with van der Waals surface area (Å²) in [6, 6.07) is 6.46. The van der Waals surface area contributed by atoms with Gasteiger partial charge in [0.15, 0.2) is 0 Å². The molecule has 1 aromatic heterocycles. The van der Waals surface area contributed by atoms with Crippen LogP contribution in [0.5, 0.6) is 0 Å². The van der Waals surface area contributed by atoms with E-state index < -0.39 is 0 Å². The van der Waals surface area contributed by atoms with Crippen molar-refractivity contribution in [3.8, 4) is 0 Å². The van der Waals surface area contributed by atoms with E-state index in [4.69, 9.17) is 5.11 Å². The summed E-state index contributed by atoms with van der Waals surface area (Å²) in [5, 5.41) is 12.3. The Hall–Kier alpha value is -1.66. The number of fused-ring (bicyclic) bond motifs is 1. The lowest BCUT2D eigenvalue weighted by atomic mass is 10.1. The third-order valence-corrected chi connectivity index (χ3v) is 3.48. The van der Waals surface area contributed by atoms with E-state index in [9.17, 15) is 9.59 Å². The number of H-pyrrole nitrogens is 1. The predicted octanol–water partition coefficient (Wildman–Crippen LogP) is 1.79. The van der Waals surface area contributed by atoms with E-state index in [-0.39, 0.29) is 24.1 Å². The molecular weight excluding hydrogens is 324 g/mol. The van der Waals surface area contributed by atoms with Crippen molar-refractivity contribution < 1.29 is 9.90 Å². The molecule has 0 saturated heterocycles. The van der Waals surface area contributed by atoms with E-state index in [2.05, 4.69) is 26.2 Å². The Balaban J connectivity index is 2.44. The number of benzene rings is 1. The molecule has 1 aromatic carbocycles. The third kappa shape index (κ3) is 3.26. The minimum atomic E-state index is -0.320. The molecule has 5 nitrogen and oxygen atoms in total. The van der Waals surface area contributed by atoms with Crippen molar-refractivity contribution in [2.75, 3.05) is 6.61 Å². The summed E-state index contributed by atoms with van der Waals surface area (Å²) in [5.41, 5.74) is 0.621. The number of aliphatic hydroxyl groups is 1. The molecule has 2 aromatic rings. The molecule has 0 radical (unpaired) electrons. The van der Waals surface area contributed by atoms with Gasteiger partial charge in [0.05, 0.1) is 5.56 Å². The van der Waals surface area contributed by atoms with Gasteiger partial charge in [-0.2, -0.15) is 0 Å². The van der Waals surface area contributed by atoms with Gasteiger partial charge < -0.3 is 15.4 Å². The Labute approximate surface area is 124 Å². The van der Waals surface area contributed by atoms with Gasteiger partial charge in [-0.05, 0) is 31.5 Å². The molecule has 0 aliphatic carbocycles. The maximum Gasteiger partial charge on any atom is 0.252 e. The topological polar surface area (TPSA) is 82.2 Å². The van der Waals surface area contributed by atoms with E-state index in [0.717, 1.165) is 4.47 Å². The average Bonchev–Trinajstić information content (AvgIpc) is 2.38. The molecule has 0 fully saturated rings. The van der Waals surface area contributed by atoms with Gasteiger partial charge in [-0.1, -0.05) is 15.9 Å².